The molecule has 5 heteroatoms. The Balaban J connectivity index is 2.90. The Morgan fingerprint density at radius 2 is 2.16 bits per heavy atom. The number of carbonyl (C=O) groups excluding carboxylic acids is 1. The lowest BCUT2D eigenvalue weighted by molar-refractivity contribution is -0.151. The Bertz CT molecular complexity index is 428. The molecule has 1 heterocycles. The number of esters is 1. The van der Waals surface area contributed by atoms with Gasteiger partial charge in [-0.05, 0) is 40.7 Å². The van der Waals surface area contributed by atoms with Gasteiger partial charge in [0.05, 0.1) is 25.2 Å². The second-order valence-electron chi connectivity index (χ2n) is 5.02. The standard InChI is InChI=1S/C14H25N3O2/c1-6-8-16-14(5,13(18)19-7-2)9-17-10-15-11(3)12(17)4/h10,16H,6-9H2,1-5H3. The van der Waals surface area contributed by atoms with Crippen molar-refractivity contribution in [3.05, 3.63) is 17.7 Å². The predicted octanol–water partition coefficient (Wildman–Crippen LogP) is 1.82. The minimum Gasteiger partial charge on any atom is -0.465 e. The second kappa shape index (κ2) is 6.70. The van der Waals surface area contributed by atoms with E-state index in [1.54, 1.807) is 6.33 Å². The first-order valence-electron chi connectivity index (χ1n) is 6.85. The molecule has 108 valence electrons. The van der Waals surface area contributed by atoms with Crippen molar-refractivity contribution < 1.29 is 9.53 Å². The zero-order valence-electron chi connectivity index (χ0n) is 12.6. The Labute approximate surface area is 115 Å². The number of nitrogens with one attached hydrogen (secondary N) is 1. The van der Waals surface area contributed by atoms with Gasteiger partial charge in [-0.15, -0.1) is 0 Å². The van der Waals surface area contributed by atoms with Crippen LogP contribution in [-0.4, -0.2) is 34.2 Å². The monoisotopic (exact) mass is 267 g/mol. The van der Waals surface area contributed by atoms with Gasteiger partial charge in [0, 0.05) is 5.69 Å². The van der Waals surface area contributed by atoms with Gasteiger partial charge in [-0.2, -0.15) is 0 Å². The van der Waals surface area contributed by atoms with E-state index in [4.69, 9.17) is 4.74 Å². The third-order valence-electron chi connectivity index (χ3n) is 3.32. The maximum absolute atomic E-state index is 12.2. The topological polar surface area (TPSA) is 56.2 Å². The lowest BCUT2D eigenvalue weighted by Crippen LogP contribution is -2.53. The van der Waals surface area contributed by atoms with E-state index in [2.05, 4.69) is 17.2 Å². The molecule has 0 aliphatic carbocycles. The van der Waals surface area contributed by atoms with E-state index in [-0.39, 0.29) is 5.97 Å². The predicted molar refractivity (Wildman–Crippen MR) is 75.0 cm³/mol. The van der Waals surface area contributed by atoms with Gasteiger partial charge >= 0.3 is 5.97 Å². The van der Waals surface area contributed by atoms with Crippen molar-refractivity contribution in [3.8, 4) is 0 Å². The molecule has 1 N–H and O–H groups in total. The molecule has 0 saturated heterocycles. The first-order valence-corrected chi connectivity index (χ1v) is 6.85. The Hall–Kier alpha value is -1.36. The summed E-state index contributed by atoms with van der Waals surface area (Å²) < 4.78 is 7.18. The van der Waals surface area contributed by atoms with Gasteiger partial charge in [0.25, 0.3) is 0 Å². The third-order valence-corrected chi connectivity index (χ3v) is 3.32. The number of aryl methyl sites for hydroxylation is 1. The van der Waals surface area contributed by atoms with Gasteiger partial charge in [0.15, 0.2) is 0 Å². The molecule has 0 spiro atoms. The van der Waals surface area contributed by atoms with Crippen LogP contribution < -0.4 is 5.32 Å². The van der Waals surface area contributed by atoms with Gasteiger partial charge in [0.2, 0.25) is 0 Å². The van der Waals surface area contributed by atoms with Crippen LogP contribution >= 0.6 is 0 Å². The van der Waals surface area contributed by atoms with Crippen molar-refractivity contribution in [1.29, 1.82) is 0 Å². The summed E-state index contributed by atoms with van der Waals surface area (Å²) in [5.74, 6) is -0.214. The number of carbonyl (C=O) groups is 1. The molecule has 1 aromatic rings. The smallest absolute Gasteiger partial charge is 0.327 e. The summed E-state index contributed by atoms with van der Waals surface area (Å²) >= 11 is 0. The maximum atomic E-state index is 12.2. The molecule has 1 rings (SSSR count). The average Bonchev–Trinajstić information content (AvgIpc) is 2.68. The summed E-state index contributed by atoms with van der Waals surface area (Å²) in [5, 5.41) is 3.29. The number of imidazole rings is 1. The highest BCUT2D eigenvalue weighted by atomic mass is 16.5. The highest BCUT2D eigenvalue weighted by Crippen LogP contribution is 2.14. The van der Waals surface area contributed by atoms with Crippen molar-refractivity contribution in [2.75, 3.05) is 13.2 Å². The maximum Gasteiger partial charge on any atom is 0.327 e. The van der Waals surface area contributed by atoms with Crippen molar-refractivity contribution in [3.63, 3.8) is 0 Å². The van der Waals surface area contributed by atoms with Crippen LogP contribution in [0.4, 0.5) is 0 Å². The van der Waals surface area contributed by atoms with E-state index in [0.717, 1.165) is 24.4 Å². The fraction of sp³-hybridized carbons (Fsp3) is 0.714. The van der Waals surface area contributed by atoms with Crippen LogP contribution in [0, 0.1) is 13.8 Å². The fourth-order valence-electron chi connectivity index (χ4n) is 1.93. The minimum absolute atomic E-state index is 0.214. The molecule has 1 atom stereocenters. The summed E-state index contributed by atoms with van der Waals surface area (Å²) in [6.07, 6.45) is 2.74. The normalized spacial score (nSPS) is 14.2. The zero-order valence-corrected chi connectivity index (χ0v) is 12.6. The largest absolute Gasteiger partial charge is 0.465 e. The minimum atomic E-state index is -0.718. The fourth-order valence-corrected chi connectivity index (χ4v) is 1.93. The van der Waals surface area contributed by atoms with E-state index in [0.29, 0.717) is 13.2 Å². The molecule has 5 nitrogen and oxygen atoms in total. The molecule has 1 unspecified atom stereocenters. The summed E-state index contributed by atoms with van der Waals surface area (Å²) in [6.45, 7) is 11.5. The average molecular weight is 267 g/mol. The highest BCUT2D eigenvalue weighted by molar-refractivity contribution is 5.80. The van der Waals surface area contributed by atoms with Crippen LogP contribution in [-0.2, 0) is 16.1 Å². The molecular formula is C14H25N3O2. The van der Waals surface area contributed by atoms with Crippen LogP contribution in [0.2, 0.25) is 0 Å². The van der Waals surface area contributed by atoms with E-state index in [1.807, 2.05) is 32.3 Å². The molecule has 0 radical (unpaired) electrons. The molecule has 0 bridgehead atoms. The highest BCUT2D eigenvalue weighted by Gasteiger charge is 2.35. The summed E-state index contributed by atoms with van der Waals surface area (Å²) in [5.41, 5.74) is 1.35. The lowest BCUT2D eigenvalue weighted by atomic mass is 10.0. The molecule has 0 aliphatic heterocycles. The molecule has 0 saturated carbocycles. The Morgan fingerprint density at radius 1 is 1.47 bits per heavy atom. The number of aromatic nitrogens is 2. The zero-order chi connectivity index (χ0) is 14.5. The summed E-state index contributed by atoms with van der Waals surface area (Å²) in [4.78, 5) is 16.4. The summed E-state index contributed by atoms with van der Waals surface area (Å²) in [6, 6.07) is 0. The number of ether oxygens (including phenoxy) is 1. The van der Waals surface area contributed by atoms with Crippen LogP contribution in [0.15, 0.2) is 6.33 Å². The quantitative estimate of drug-likeness (QED) is 0.766. The van der Waals surface area contributed by atoms with E-state index < -0.39 is 5.54 Å². The lowest BCUT2D eigenvalue weighted by Gasteiger charge is -2.29. The van der Waals surface area contributed by atoms with Crippen molar-refractivity contribution >= 4 is 5.97 Å². The van der Waals surface area contributed by atoms with Gasteiger partial charge in [-0.3, -0.25) is 0 Å². The molecule has 0 amide bonds. The third kappa shape index (κ3) is 3.80. The number of nitrogens with zero attached hydrogens (tertiary/aromatic N) is 2. The van der Waals surface area contributed by atoms with Gasteiger partial charge in [0.1, 0.15) is 5.54 Å². The van der Waals surface area contributed by atoms with E-state index >= 15 is 0 Å². The first-order chi connectivity index (χ1) is 8.94. The van der Waals surface area contributed by atoms with Crippen molar-refractivity contribution in [1.82, 2.24) is 14.9 Å². The van der Waals surface area contributed by atoms with Crippen LogP contribution in [0.3, 0.4) is 0 Å². The molecular weight excluding hydrogens is 242 g/mol. The molecule has 1 aromatic heterocycles. The first kappa shape index (κ1) is 15.7. The Kier molecular flexibility index (Phi) is 5.54. The Morgan fingerprint density at radius 3 is 2.63 bits per heavy atom. The summed E-state index contributed by atoms with van der Waals surface area (Å²) in [7, 11) is 0. The number of hydrogen-bond acceptors (Lipinski definition) is 4. The van der Waals surface area contributed by atoms with Gasteiger partial charge in [-0.25, -0.2) is 9.78 Å². The van der Waals surface area contributed by atoms with E-state index in [1.165, 1.54) is 0 Å². The van der Waals surface area contributed by atoms with E-state index in [9.17, 15) is 4.79 Å². The SMILES string of the molecule is CCCNC(C)(Cn1cnc(C)c1C)C(=O)OCC. The van der Waals surface area contributed by atoms with Crippen molar-refractivity contribution in [2.45, 2.75) is 53.1 Å². The molecule has 19 heavy (non-hydrogen) atoms. The second-order valence-corrected chi connectivity index (χ2v) is 5.02. The number of hydrogen-bond donors (Lipinski definition) is 1. The van der Waals surface area contributed by atoms with Crippen LogP contribution in [0.1, 0.15) is 38.6 Å². The molecule has 0 aromatic carbocycles. The van der Waals surface area contributed by atoms with Crippen LogP contribution in [0.5, 0.6) is 0 Å². The van der Waals surface area contributed by atoms with Crippen LogP contribution in [0.25, 0.3) is 0 Å². The van der Waals surface area contributed by atoms with Gasteiger partial charge in [-0.1, -0.05) is 6.92 Å². The molecule has 0 aliphatic rings. The van der Waals surface area contributed by atoms with Crippen molar-refractivity contribution in [2.24, 2.45) is 0 Å². The molecule has 0 fully saturated rings. The van der Waals surface area contributed by atoms with Gasteiger partial charge < -0.3 is 14.6 Å². The number of rotatable bonds is 7.